The van der Waals surface area contributed by atoms with Crippen molar-refractivity contribution in [3.63, 3.8) is 0 Å². The van der Waals surface area contributed by atoms with Gasteiger partial charge >= 0.3 is 0 Å². The molecule has 0 amide bonds. The third kappa shape index (κ3) is 5.16. The second-order valence-electron chi connectivity index (χ2n) is 4.26. The highest BCUT2D eigenvalue weighted by Gasteiger charge is 2.10. The van der Waals surface area contributed by atoms with Crippen LogP contribution < -0.4 is 10.5 Å². The summed E-state index contributed by atoms with van der Waals surface area (Å²) in [5, 5.41) is 0. The Morgan fingerprint density at radius 1 is 1.17 bits per heavy atom. The maximum Gasteiger partial charge on any atom is 0.211 e. The van der Waals surface area contributed by atoms with E-state index in [0.29, 0.717) is 19.5 Å². The molecule has 0 spiro atoms. The van der Waals surface area contributed by atoms with Gasteiger partial charge in [0.2, 0.25) is 10.0 Å². The number of sulfonamides is 1. The molecule has 0 radical (unpaired) electrons. The number of hydrogen-bond acceptors (Lipinski definition) is 3. The minimum atomic E-state index is -3.18. The Morgan fingerprint density at radius 2 is 1.83 bits per heavy atom. The van der Waals surface area contributed by atoms with Crippen molar-refractivity contribution in [3.8, 4) is 0 Å². The zero-order chi connectivity index (χ0) is 13.4. The summed E-state index contributed by atoms with van der Waals surface area (Å²) in [5.74, 6) is 0.151. The SMILES string of the molecule is CCc1ccccc1CNS(=O)(=O)CCCCN. The van der Waals surface area contributed by atoms with Crippen molar-refractivity contribution < 1.29 is 8.42 Å². The molecule has 4 nitrogen and oxygen atoms in total. The van der Waals surface area contributed by atoms with Crippen molar-refractivity contribution in [2.75, 3.05) is 12.3 Å². The Bertz CT molecular complexity index is 458. The first-order valence-corrected chi connectivity index (χ1v) is 7.98. The third-order valence-electron chi connectivity index (χ3n) is 2.85. The minimum absolute atomic E-state index is 0.151. The average Bonchev–Trinajstić information content (AvgIpc) is 2.37. The maximum absolute atomic E-state index is 11.7. The zero-order valence-corrected chi connectivity index (χ0v) is 11.7. The van der Waals surface area contributed by atoms with Crippen LogP contribution in [0.5, 0.6) is 0 Å². The Hall–Kier alpha value is -0.910. The minimum Gasteiger partial charge on any atom is -0.330 e. The monoisotopic (exact) mass is 270 g/mol. The summed E-state index contributed by atoms with van der Waals surface area (Å²) in [4.78, 5) is 0. The van der Waals surface area contributed by atoms with Crippen molar-refractivity contribution in [1.82, 2.24) is 4.72 Å². The van der Waals surface area contributed by atoms with E-state index in [1.807, 2.05) is 24.3 Å². The van der Waals surface area contributed by atoms with E-state index in [0.717, 1.165) is 18.4 Å². The molecule has 5 heteroatoms. The van der Waals surface area contributed by atoms with E-state index in [1.165, 1.54) is 5.56 Å². The van der Waals surface area contributed by atoms with Crippen molar-refractivity contribution in [2.45, 2.75) is 32.7 Å². The molecule has 18 heavy (non-hydrogen) atoms. The summed E-state index contributed by atoms with van der Waals surface area (Å²) in [5.41, 5.74) is 7.57. The molecule has 0 saturated heterocycles. The predicted molar refractivity (Wildman–Crippen MR) is 74.7 cm³/mol. The van der Waals surface area contributed by atoms with Crippen LogP contribution in [0.15, 0.2) is 24.3 Å². The van der Waals surface area contributed by atoms with Crippen LogP contribution in [-0.2, 0) is 23.0 Å². The summed E-state index contributed by atoms with van der Waals surface area (Å²) in [7, 11) is -3.18. The molecule has 102 valence electrons. The number of nitrogens with one attached hydrogen (secondary N) is 1. The predicted octanol–water partition coefficient (Wildman–Crippen LogP) is 1.41. The van der Waals surface area contributed by atoms with Gasteiger partial charge in [-0.05, 0) is 36.9 Å². The van der Waals surface area contributed by atoms with Crippen LogP contribution in [0.2, 0.25) is 0 Å². The van der Waals surface area contributed by atoms with Gasteiger partial charge in [-0.1, -0.05) is 31.2 Å². The highest BCUT2D eigenvalue weighted by atomic mass is 32.2. The van der Waals surface area contributed by atoms with Crippen molar-refractivity contribution in [1.29, 1.82) is 0 Å². The summed E-state index contributed by atoms with van der Waals surface area (Å²) in [6, 6.07) is 7.88. The summed E-state index contributed by atoms with van der Waals surface area (Å²) in [6.07, 6.45) is 2.26. The van der Waals surface area contributed by atoms with E-state index >= 15 is 0 Å². The van der Waals surface area contributed by atoms with E-state index in [9.17, 15) is 8.42 Å². The summed E-state index contributed by atoms with van der Waals surface area (Å²) >= 11 is 0. The molecule has 0 unspecified atom stereocenters. The maximum atomic E-state index is 11.7. The number of aryl methyl sites for hydroxylation is 1. The van der Waals surface area contributed by atoms with Gasteiger partial charge in [-0.25, -0.2) is 13.1 Å². The number of rotatable bonds is 8. The molecular weight excluding hydrogens is 248 g/mol. The Morgan fingerprint density at radius 3 is 2.44 bits per heavy atom. The van der Waals surface area contributed by atoms with Gasteiger partial charge < -0.3 is 5.73 Å². The van der Waals surface area contributed by atoms with Gasteiger partial charge in [0.05, 0.1) is 5.75 Å². The van der Waals surface area contributed by atoms with E-state index in [1.54, 1.807) is 0 Å². The number of benzene rings is 1. The largest absolute Gasteiger partial charge is 0.330 e. The number of unbranched alkanes of at least 4 members (excludes halogenated alkanes) is 1. The number of nitrogens with two attached hydrogens (primary N) is 1. The molecule has 0 fully saturated rings. The average molecular weight is 270 g/mol. The van der Waals surface area contributed by atoms with Crippen LogP contribution in [-0.4, -0.2) is 20.7 Å². The van der Waals surface area contributed by atoms with Gasteiger partial charge in [-0.3, -0.25) is 0 Å². The quantitative estimate of drug-likeness (QED) is 0.701. The fourth-order valence-electron chi connectivity index (χ4n) is 1.77. The normalized spacial score (nSPS) is 11.7. The van der Waals surface area contributed by atoms with Crippen LogP contribution in [0, 0.1) is 0 Å². The number of hydrogen-bond donors (Lipinski definition) is 2. The topological polar surface area (TPSA) is 72.2 Å². The summed E-state index contributed by atoms with van der Waals surface area (Å²) < 4.78 is 26.1. The van der Waals surface area contributed by atoms with Crippen LogP contribution >= 0.6 is 0 Å². The zero-order valence-electron chi connectivity index (χ0n) is 10.9. The van der Waals surface area contributed by atoms with E-state index in [-0.39, 0.29) is 5.75 Å². The van der Waals surface area contributed by atoms with Crippen molar-refractivity contribution in [3.05, 3.63) is 35.4 Å². The fraction of sp³-hybridized carbons (Fsp3) is 0.538. The lowest BCUT2D eigenvalue weighted by molar-refractivity contribution is 0.577. The second kappa shape index (κ2) is 7.51. The van der Waals surface area contributed by atoms with Crippen molar-refractivity contribution in [2.24, 2.45) is 5.73 Å². The van der Waals surface area contributed by atoms with Crippen LogP contribution in [0.25, 0.3) is 0 Å². The second-order valence-corrected chi connectivity index (χ2v) is 6.18. The molecule has 0 aromatic heterocycles. The highest BCUT2D eigenvalue weighted by Crippen LogP contribution is 2.09. The lowest BCUT2D eigenvalue weighted by Crippen LogP contribution is -2.26. The van der Waals surface area contributed by atoms with Crippen LogP contribution in [0.4, 0.5) is 0 Å². The van der Waals surface area contributed by atoms with E-state index in [4.69, 9.17) is 5.73 Å². The first-order chi connectivity index (χ1) is 8.59. The van der Waals surface area contributed by atoms with Gasteiger partial charge in [-0.2, -0.15) is 0 Å². The molecule has 1 aromatic rings. The molecule has 0 aliphatic heterocycles. The molecule has 0 aliphatic rings. The molecule has 0 atom stereocenters. The van der Waals surface area contributed by atoms with Gasteiger partial charge in [0.15, 0.2) is 0 Å². The summed E-state index contributed by atoms with van der Waals surface area (Å²) in [6.45, 7) is 2.97. The highest BCUT2D eigenvalue weighted by molar-refractivity contribution is 7.89. The van der Waals surface area contributed by atoms with Gasteiger partial charge in [-0.15, -0.1) is 0 Å². The molecule has 1 rings (SSSR count). The van der Waals surface area contributed by atoms with Gasteiger partial charge in [0.1, 0.15) is 0 Å². The first kappa shape index (κ1) is 15.1. The molecule has 1 aromatic carbocycles. The molecule has 0 bridgehead atoms. The molecule has 0 heterocycles. The molecular formula is C13H22N2O2S. The van der Waals surface area contributed by atoms with Crippen molar-refractivity contribution >= 4 is 10.0 Å². The molecule has 0 saturated carbocycles. The molecule has 3 N–H and O–H groups in total. The Balaban J connectivity index is 2.53. The smallest absolute Gasteiger partial charge is 0.211 e. The van der Waals surface area contributed by atoms with Gasteiger partial charge in [0.25, 0.3) is 0 Å². The van der Waals surface area contributed by atoms with Crippen LogP contribution in [0.1, 0.15) is 30.9 Å². The Kier molecular flexibility index (Phi) is 6.32. The fourth-order valence-corrected chi connectivity index (χ4v) is 2.88. The van der Waals surface area contributed by atoms with E-state index < -0.39 is 10.0 Å². The van der Waals surface area contributed by atoms with Crippen LogP contribution in [0.3, 0.4) is 0 Å². The first-order valence-electron chi connectivity index (χ1n) is 6.33. The molecule has 0 aliphatic carbocycles. The standard InChI is InChI=1S/C13H22N2O2S/c1-2-12-7-3-4-8-13(12)11-15-18(16,17)10-6-5-9-14/h3-4,7-8,15H,2,5-6,9-11,14H2,1H3. The lowest BCUT2D eigenvalue weighted by atomic mass is 10.1. The lowest BCUT2D eigenvalue weighted by Gasteiger charge is -2.09. The third-order valence-corrected chi connectivity index (χ3v) is 4.26. The van der Waals surface area contributed by atoms with Gasteiger partial charge in [0, 0.05) is 6.54 Å². The van der Waals surface area contributed by atoms with E-state index in [2.05, 4.69) is 11.6 Å². The Labute approximate surface area is 110 Å².